The Morgan fingerprint density at radius 2 is 1.93 bits per heavy atom. The van der Waals surface area contributed by atoms with Gasteiger partial charge in [-0.2, -0.15) is 0 Å². The maximum absolute atomic E-state index is 11.2. The van der Waals surface area contributed by atoms with Crippen LogP contribution in [0.5, 0.6) is 0 Å². The fourth-order valence-electron chi connectivity index (χ4n) is 5.72. The molecule has 3 rings (SSSR count). The van der Waals surface area contributed by atoms with E-state index in [9.17, 15) is 5.11 Å². The summed E-state index contributed by atoms with van der Waals surface area (Å²) in [6.07, 6.45) is 14.5. The fourth-order valence-corrected chi connectivity index (χ4v) is 6.15. The van der Waals surface area contributed by atoms with Gasteiger partial charge in [-0.1, -0.05) is 76.6 Å². The first kappa shape index (κ1) is 21.2. The van der Waals surface area contributed by atoms with Crippen molar-refractivity contribution in [2.45, 2.75) is 108 Å². The average molecular weight is 391 g/mol. The molecule has 0 bridgehead atoms. The van der Waals surface area contributed by atoms with Gasteiger partial charge in [0, 0.05) is 10.8 Å². The van der Waals surface area contributed by atoms with E-state index in [2.05, 4.69) is 38.1 Å². The summed E-state index contributed by atoms with van der Waals surface area (Å²) in [5.74, 6) is 1.18. The number of aliphatic hydroxyl groups excluding tert-OH is 1. The second-order valence-corrected chi connectivity index (χ2v) is 9.81. The van der Waals surface area contributed by atoms with Crippen LogP contribution in [0.15, 0.2) is 24.3 Å². The fraction of sp³-hybridized carbons (Fsp3) is 0.760. The van der Waals surface area contributed by atoms with Gasteiger partial charge in [0.2, 0.25) is 0 Å². The van der Waals surface area contributed by atoms with E-state index in [0.29, 0.717) is 17.2 Å². The Bertz CT molecular complexity index is 579. The van der Waals surface area contributed by atoms with E-state index < -0.39 is 0 Å². The first-order chi connectivity index (χ1) is 13.1. The first-order valence-electron chi connectivity index (χ1n) is 11.5. The largest absolute Gasteiger partial charge is 0.388 e. The molecule has 2 aliphatic carbocycles. The van der Waals surface area contributed by atoms with E-state index in [1.165, 1.54) is 63.4 Å². The smallest absolute Gasteiger partial charge is 0.0846 e. The molecule has 2 fully saturated rings. The molecule has 1 aromatic carbocycles. The zero-order valence-electron chi connectivity index (χ0n) is 17.4. The molecule has 1 nitrogen and oxygen atoms in total. The predicted molar refractivity (Wildman–Crippen MR) is 116 cm³/mol. The predicted octanol–water partition coefficient (Wildman–Crippen LogP) is 7.76. The zero-order valence-corrected chi connectivity index (χ0v) is 18.2. The number of aliphatic hydroxyl groups is 1. The number of halogens is 1. The van der Waals surface area contributed by atoms with Gasteiger partial charge in [0.05, 0.1) is 6.10 Å². The molecule has 0 spiro atoms. The van der Waals surface area contributed by atoms with E-state index in [1.807, 2.05) is 0 Å². The van der Waals surface area contributed by atoms with Crippen LogP contribution in [-0.4, -0.2) is 10.5 Å². The lowest BCUT2D eigenvalue weighted by Gasteiger charge is -2.46. The Balaban J connectivity index is 1.72. The van der Waals surface area contributed by atoms with Crippen LogP contribution in [-0.2, 0) is 0 Å². The van der Waals surface area contributed by atoms with Crippen LogP contribution in [0.4, 0.5) is 0 Å². The summed E-state index contributed by atoms with van der Waals surface area (Å²) < 4.78 is 0. The van der Waals surface area contributed by atoms with Crippen molar-refractivity contribution in [1.82, 2.24) is 0 Å². The van der Waals surface area contributed by atoms with Crippen LogP contribution in [0.25, 0.3) is 0 Å². The minimum Gasteiger partial charge on any atom is -0.388 e. The third kappa shape index (κ3) is 4.73. The van der Waals surface area contributed by atoms with Gasteiger partial charge < -0.3 is 5.11 Å². The lowest BCUT2D eigenvalue weighted by molar-refractivity contribution is -0.0440. The highest BCUT2D eigenvalue weighted by molar-refractivity contribution is 6.21. The van der Waals surface area contributed by atoms with Crippen molar-refractivity contribution in [3.05, 3.63) is 35.4 Å². The summed E-state index contributed by atoms with van der Waals surface area (Å²) in [6, 6.07) is 8.91. The molecule has 0 amide bonds. The molecule has 4 atom stereocenters. The molecule has 0 aromatic heterocycles. The van der Waals surface area contributed by atoms with Gasteiger partial charge in [-0.3, -0.25) is 0 Å². The Kier molecular flexibility index (Phi) is 7.68. The summed E-state index contributed by atoms with van der Waals surface area (Å²) in [4.78, 5) is 0. The topological polar surface area (TPSA) is 20.2 Å². The van der Waals surface area contributed by atoms with Crippen LogP contribution in [0, 0.1) is 11.3 Å². The van der Waals surface area contributed by atoms with Crippen LogP contribution in [0.3, 0.4) is 0 Å². The van der Waals surface area contributed by atoms with Gasteiger partial charge >= 0.3 is 0 Å². The molecule has 1 aromatic rings. The molecule has 0 heterocycles. The minimum atomic E-state index is -0.303. The highest BCUT2D eigenvalue weighted by atomic mass is 35.5. The van der Waals surface area contributed by atoms with Gasteiger partial charge in [0.25, 0.3) is 0 Å². The van der Waals surface area contributed by atoms with E-state index in [1.54, 1.807) is 0 Å². The zero-order chi connectivity index (χ0) is 19.3. The van der Waals surface area contributed by atoms with E-state index in [-0.39, 0.29) is 11.5 Å². The van der Waals surface area contributed by atoms with Crippen molar-refractivity contribution in [3.8, 4) is 0 Å². The first-order valence-corrected chi connectivity index (χ1v) is 12.0. The molecule has 27 heavy (non-hydrogen) atoms. The molecule has 1 N–H and O–H groups in total. The van der Waals surface area contributed by atoms with Crippen LogP contribution in [0.2, 0.25) is 0 Å². The molecule has 152 valence electrons. The normalized spacial score (nSPS) is 28.1. The average Bonchev–Trinajstić information content (AvgIpc) is 3.02. The molecular weight excluding hydrogens is 352 g/mol. The number of hydrogen-bond acceptors (Lipinski definition) is 1. The molecule has 4 unspecified atom stereocenters. The van der Waals surface area contributed by atoms with Gasteiger partial charge in [-0.25, -0.2) is 0 Å². The van der Waals surface area contributed by atoms with Crippen molar-refractivity contribution in [2.24, 2.45) is 11.3 Å². The highest BCUT2D eigenvalue weighted by Gasteiger charge is 2.43. The molecule has 2 aliphatic rings. The van der Waals surface area contributed by atoms with Crippen LogP contribution in [0.1, 0.15) is 114 Å². The maximum Gasteiger partial charge on any atom is 0.0846 e. The van der Waals surface area contributed by atoms with E-state index in [4.69, 9.17) is 11.6 Å². The summed E-state index contributed by atoms with van der Waals surface area (Å²) in [5, 5.41) is 11.5. The standard InChI is InChI=1S/C25H39ClO/c1-3-5-6-7-12-22-21(13-14-23(22)26)19-10-8-11-20(18-19)24(27)25(15-4-2)16-9-17-25/h8,10-11,18,21-24,27H,3-7,9,12-17H2,1-2H3. The molecule has 0 aliphatic heterocycles. The van der Waals surface area contributed by atoms with E-state index in [0.717, 1.165) is 24.8 Å². The van der Waals surface area contributed by atoms with Crippen LogP contribution < -0.4 is 0 Å². The Hall–Kier alpha value is -0.530. The summed E-state index contributed by atoms with van der Waals surface area (Å²) in [7, 11) is 0. The quantitative estimate of drug-likeness (QED) is 0.319. The maximum atomic E-state index is 11.2. The SMILES string of the molecule is CCCCCCC1C(Cl)CCC1c1cccc(C(O)C2(CCC)CCC2)c1. The number of rotatable bonds is 10. The lowest BCUT2D eigenvalue weighted by Crippen LogP contribution is -2.36. The number of hydrogen-bond donors (Lipinski definition) is 1. The molecule has 0 saturated heterocycles. The molecule has 2 saturated carbocycles. The molecule has 2 heteroatoms. The monoisotopic (exact) mass is 390 g/mol. The number of unbranched alkanes of at least 4 members (excludes halogenated alkanes) is 3. The van der Waals surface area contributed by atoms with Gasteiger partial charge in [0.1, 0.15) is 0 Å². The van der Waals surface area contributed by atoms with Crippen molar-refractivity contribution in [1.29, 1.82) is 0 Å². The van der Waals surface area contributed by atoms with Crippen molar-refractivity contribution in [2.75, 3.05) is 0 Å². The van der Waals surface area contributed by atoms with Gasteiger partial charge in [-0.15, -0.1) is 11.6 Å². The summed E-state index contributed by atoms with van der Waals surface area (Å²) >= 11 is 6.73. The lowest BCUT2D eigenvalue weighted by atomic mass is 9.61. The highest BCUT2D eigenvalue weighted by Crippen LogP contribution is 2.54. The Morgan fingerprint density at radius 3 is 2.59 bits per heavy atom. The van der Waals surface area contributed by atoms with Crippen LogP contribution >= 0.6 is 11.6 Å². The second-order valence-electron chi connectivity index (χ2n) is 9.25. The summed E-state index contributed by atoms with van der Waals surface area (Å²) in [5.41, 5.74) is 2.70. The third-order valence-corrected chi connectivity index (χ3v) is 8.00. The Morgan fingerprint density at radius 1 is 1.11 bits per heavy atom. The van der Waals surface area contributed by atoms with Crippen molar-refractivity contribution in [3.63, 3.8) is 0 Å². The summed E-state index contributed by atoms with van der Waals surface area (Å²) in [6.45, 7) is 4.51. The molecule has 0 radical (unpaired) electrons. The third-order valence-electron chi connectivity index (χ3n) is 7.46. The molecular formula is C25H39ClO. The Labute approximate surface area is 171 Å². The van der Waals surface area contributed by atoms with Gasteiger partial charge in [0.15, 0.2) is 0 Å². The minimum absolute atomic E-state index is 0.137. The number of benzene rings is 1. The van der Waals surface area contributed by atoms with E-state index >= 15 is 0 Å². The number of alkyl halides is 1. The van der Waals surface area contributed by atoms with Crippen molar-refractivity contribution < 1.29 is 5.11 Å². The van der Waals surface area contributed by atoms with Gasteiger partial charge in [-0.05, 0) is 61.5 Å². The van der Waals surface area contributed by atoms with Crippen molar-refractivity contribution >= 4 is 11.6 Å². The second kappa shape index (κ2) is 9.79.